The summed E-state index contributed by atoms with van der Waals surface area (Å²) in [6.45, 7) is 0. The Kier molecular flexibility index (Phi) is 9.61. The smallest absolute Gasteiger partial charge is 0.0346 e. The first kappa shape index (κ1) is 36.9. The predicted octanol–water partition coefficient (Wildman–Crippen LogP) is 16.7. The molecule has 0 aliphatic heterocycles. The summed E-state index contributed by atoms with van der Waals surface area (Å²) in [5, 5.41) is 4.89. The first-order valence-electron chi connectivity index (χ1n) is 21.3. The zero-order valence-corrected chi connectivity index (χ0v) is 34.1. The van der Waals surface area contributed by atoms with Gasteiger partial charge in [-0.25, -0.2) is 0 Å². The van der Waals surface area contributed by atoms with Crippen molar-refractivity contribution in [3.8, 4) is 89.0 Å². The predicted molar refractivity (Wildman–Crippen MR) is 263 cm³/mol. The summed E-state index contributed by atoms with van der Waals surface area (Å²) in [6, 6.07) is 86.1. The Balaban J connectivity index is 1.15. The highest BCUT2D eigenvalue weighted by molar-refractivity contribution is 6.21. The second-order valence-corrected chi connectivity index (χ2v) is 15.8. The van der Waals surface area contributed by atoms with Crippen molar-refractivity contribution in [3.05, 3.63) is 249 Å². The van der Waals surface area contributed by atoms with Crippen molar-refractivity contribution in [2.75, 3.05) is 0 Å². The zero-order chi connectivity index (χ0) is 41.2. The fourth-order valence-corrected chi connectivity index (χ4v) is 9.44. The van der Waals surface area contributed by atoms with Gasteiger partial charge in [0, 0.05) is 18.0 Å². The number of nitrogens with zero attached hydrogens (tertiary/aromatic N) is 1. The molecular formula is C61H41N. The van der Waals surface area contributed by atoms with Gasteiger partial charge in [0.05, 0.1) is 0 Å². The lowest BCUT2D eigenvalue weighted by atomic mass is 9.78. The maximum absolute atomic E-state index is 4.51. The number of benzene rings is 10. The number of aromatic nitrogens is 1. The number of rotatable bonds is 8. The largest absolute Gasteiger partial charge is 0.264 e. The molecule has 0 N–H and O–H groups in total. The molecular weight excluding hydrogens is 747 g/mol. The molecule has 1 aromatic heterocycles. The third-order valence-electron chi connectivity index (χ3n) is 12.1. The minimum atomic E-state index is 1.12. The Bertz CT molecular complexity index is 3300. The highest BCUT2D eigenvalue weighted by Gasteiger charge is 2.24. The number of fused-ring (bicyclic) bond motifs is 2. The number of hydrogen-bond donors (Lipinski definition) is 0. The van der Waals surface area contributed by atoms with Crippen molar-refractivity contribution in [2.45, 2.75) is 0 Å². The van der Waals surface area contributed by atoms with E-state index in [0.717, 1.165) is 11.1 Å². The second kappa shape index (κ2) is 16.1. The lowest BCUT2D eigenvalue weighted by Gasteiger charge is -2.24. The topological polar surface area (TPSA) is 12.9 Å². The van der Waals surface area contributed by atoms with Crippen LogP contribution in [0.2, 0.25) is 0 Å². The Hall–Kier alpha value is -8.13. The van der Waals surface area contributed by atoms with Gasteiger partial charge in [0.1, 0.15) is 0 Å². The van der Waals surface area contributed by atoms with E-state index >= 15 is 0 Å². The van der Waals surface area contributed by atoms with Crippen molar-refractivity contribution >= 4 is 21.5 Å². The van der Waals surface area contributed by atoms with Gasteiger partial charge < -0.3 is 0 Å². The summed E-state index contributed by atoms with van der Waals surface area (Å²) in [5.41, 5.74) is 19.0. The molecule has 62 heavy (non-hydrogen) atoms. The van der Waals surface area contributed by atoms with Crippen LogP contribution in [0.1, 0.15) is 0 Å². The van der Waals surface area contributed by atoms with E-state index in [1.54, 1.807) is 0 Å². The van der Waals surface area contributed by atoms with E-state index in [4.69, 9.17) is 0 Å². The standard InChI is InChI=1S/C61H41N/c1-5-20-42(21-6-1)55-40-56(60(44-24-9-3-10-25-44)61(45-26-11-4-12-27-45)59(55)43-22-7-2-8-23-43)48-30-17-28-46(38-48)47-29-18-31-49(39-47)57-51-33-13-15-35-53(51)58(50-32-19-37-62-41-50)54-36-16-14-34-52(54)57/h1-41H. The van der Waals surface area contributed by atoms with Crippen LogP contribution in [0, 0.1) is 0 Å². The molecule has 0 aliphatic carbocycles. The van der Waals surface area contributed by atoms with Gasteiger partial charge >= 0.3 is 0 Å². The Morgan fingerprint density at radius 2 is 0.565 bits per heavy atom. The van der Waals surface area contributed by atoms with Crippen LogP contribution in [0.15, 0.2) is 249 Å². The average molecular weight is 788 g/mol. The molecule has 10 aromatic carbocycles. The average Bonchev–Trinajstić information content (AvgIpc) is 3.36. The molecule has 0 fully saturated rings. The number of hydrogen-bond acceptors (Lipinski definition) is 1. The van der Waals surface area contributed by atoms with Crippen molar-refractivity contribution in [1.29, 1.82) is 0 Å². The normalized spacial score (nSPS) is 11.2. The Morgan fingerprint density at radius 1 is 0.210 bits per heavy atom. The molecule has 11 aromatic rings. The van der Waals surface area contributed by atoms with Gasteiger partial charge in [0.15, 0.2) is 0 Å². The molecule has 0 saturated heterocycles. The van der Waals surface area contributed by atoms with Gasteiger partial charge in [0.25, 0.3) is 0 Å². The maximum atomic E-state index is 4.51. The van der Waals surface area contributed by atoms with Crippen LogP contribution in [0.4, 0.5) is 0 Å². The van der Waals surface area contributed by atoms with Crippen LogP contribution in [-0.2, 0) is 0 Å². The summed E-state index contributed by atoms with van der Waals surface area (Å²) >= 11 is 0. The van der Waals surface area contributed by atoms with Crippen LogP contribution >= 0.6 is 0 Å². The van der Waals surface area contributed by atoms with Crippen LogP contribution in [0.3, 0.4) is 0 Å². The monoisotopic (exact) mass is 787 g/mol. The van der Waals surface area contributed by atoms with Gasteiger partial charge in [-0.05, 0) is 129 Å². The van der Waals surface area contributed by atoms with Crippen LogP contribution in [0.5, 0.6) is 0 Å². The fraction of sp³-hybridized carbons (Fsp3) is 0. The Labute approximate surface area is 362 Å². The summed E-state index contributed by atoms with van der Waals surface area (Å²) in [4.78, 5) is 4.51. The lowest BCUT2D eigenvalue weighted by Crippen LogP contribution is -1.98. The molecule has 1 nitrogen and oxygen atoms in total. The van der Waals surface area contributed by atoms with Crippen molar-refractivity contribution in [2.24, 2.45) is 0 Å². The minimum absolute atomic E-state index is 1.12. The second-order valence-electron chi connectivity index (χ2n) is 15.8. The first-order chi connectivity index (χ1) is 30.8. The van der Waals surface area contributed by atoms with Crippen molar-refractivity contribution < 1.29 is 0 Å². The fourth-order valence-electron chi connectivity index (χ4n) is 9.44. The van der Waals surface area contributed by atoms with Gasteiger partial charge in [-0.15, -0.1) is 0 Å². The zero-order valence-electron chi connectivity index (χ0n) is 34.1. The molecule has 0 radical (unpaired) electrons. The third kappa shape index (κ3) is 6.67. The molecule has 1 heterocycles. The van der Waals surface area contributed by atoms with Gasteiger partial charge in [-0.2, -0.15) is 0 Å². The van der Waals surface area contributed by atoms with E-state index in [-0.39, 0.29) is 0 Å². The van der Waals surface area contributed by atoms with E-state index in [1.807, 2.05) is 18.5 Å². The third-order valence-corrected chi connectivity index (χ3v) is 12.1. The molecule has 1 heteroatoms. The maximum Gasteiger partial charge on any atom is 0.0346 e. The highest BCUT2D eigenvalue weighted by Crippen LogP contribution is 2.51. The molecule has 0 unspecified atom stereocenters. The quantitative estimate of drug-likeness (QED) is 0.140. The SMILES string of the molecule is c1ccc(-c2cc(-c3cccc(-c4cccc(-c5c6ccccc6c(-c6cccnc6)c6ccccc56)c4)c3)c(-c3ccccc3)c(-c3ccccc3)c2-c2ccccc2)cc1. The van der Waals surface area contributed by atoms with E-state index in [9.17, 15) is 0 Å². The summed E-state index contributed by atoms with van der Waals surface area (Å²) < 4.78 is 0. The molecule has 0 bridgehead atoms. The van der Waals surface area contributed by atoms with Crippen molar-refractivity contribution in [3.63, 3.8) is 0 Å². The van der Waals surface area contributed by atoms with Crippen molar-refractivity contribution in [1.82, 2.24) is 4.98 Å². The van der Waals surface area contributed by atoms with Gasteiger partial charge in [-0.3, -0.25) is 4.98 Å². The summed E-state index contributed by atoms with van der Waals surface area (Å²) in [5.74, 6) is 0. The molecule has 0 saturated carbocycles. The van der Waals surface area contributed by atoms with Crippen LogP contribution in [0.25, 0.3) is 111 Å². The van der Waals surface area contributed by atoms with Gasteiger partial charge in [-0.1, -0.05) is 212 Å². The molecule has 0 spiro atoms. The molecule has 11 rings (SSSR count). The molecule has 0 atom stereocenters. The van der Waals surface area contributed by atoms with Crippen LogP contribution in [-0.4, -0.2) is 4.98 Å². The minimum Gasteiger partial charge on any atom is -0.264 e. The molecule has 0 aliphatic rings. The summed E-state index contributed by atoms with van der Waals surface area (Å²) in [6.07, 6.45) is 3.82. The van der Waals surface area contributed by atoms with E-state index in [2.05, 4.69) is 236 Å². The summed E-state index contributed by atoms with van der Waals surface area (Å²) in [7, 11) is 0. The molecule has 0 amide bonds. The van der Waals surface area contributed by atoms with E-state index < -0.39 is 0 Å². The molecule has 290 valence electrons. The Morgan fingerprint density at radius 3 is 1.05 bits per heavy atom. The first-order valence-corrected chi connectivity index (χ1v) is 21.3. The van der Waals surface area contributed by atoms with E-state index in [1.165, 1.54) is 99.4 Å². The number of pyridine rings is 1. The highest BCUT2D eigenvalue weighted by atomic mass is 14.6. The van der Waals surface area contributed by atoms with Crippen LogP contribution < -0.4 is 0 Å². The van der Waals surface area contributed by atoms with Gasteiger partial charge in [0.2, 0.25) is 0 Å². The van der Waals surface area contributed by atoms with E-state index in [0.29, 0.717) is 0 Å². The lowest BCUT2D eigenvalue weighted by molar-refractivity contribution is 1.33.